The molecule has 0 radical (unpaired) electrons. The highest BCUT2D eigenvalue weighted by atomic mass is 32.2. The Labute approximate surface area is 163 Å². The van der Waals surface area contributed by atoms with E-state index < -0.39 is 0 Å². The van der Waals surface area contributed by atoms with E-state index in [0.717, 1.165) is 42.3 Å². The molecule has 2 heterocycles. The fourth-order valence-electron chi connectivity index (χ4n) is 2.51. The third-order valence-corrected chi connectivity index (χ3v) is 4.25. The number of nitrogens with one attached hydrogen (secondary N) is 1. The van der Waals surface area contributed by atoms with Crippen LogP contribution in [0.15, 0.2) is 64.8 Å². The molecule has 0 amide bonds. The van der Waals surface area contributed by atoms with E-state index in [9.17, 15) is 0 Å². The Balaban J connectivity index is 1.44. The largest absolute Gasteiger partial charge is 0.494 e. The van der Waals surface area contributed by atoms with Gasteiger partial charge in [-0.3, -0.25) is 4.98 Å². The summed E-state index contributed by atoms with van der Waals surface area (Å²) in [7, 11) is 0. The predicted molar refractivity (Wildman–Crippen MR) is 111 cm³/mol. The smallest absolute Gasteiger partial charge is 0.160 e. The minimum absolute atomic E-state index is 0.657. The number of hydrogen-bond acceptors (Lipinski definition) is 6. The molecule has 2 aromatic heterocycles. The van der Waals surface area contributed by atoms with Crippen molar-refractivity contribution < 1.29 is 9.26 Å². The number of pyridine rings is 1. The molecule has 0 saturated carbocycles. The summed E-state index contributed by atoms with van der Waals surface area (Å²) >= 11 is 1.62. The van der Waals surface area contributed by atoms with E-state index in [1.165, 1.54) is 5.56 Å². The maximum atomic E-state index is 5.86. The lowest BCUT2D eigenvalue weighted by atomic mass is 10.1. The normalized spacial score (nSPS) is 11.1. The molecule has 0 spiro atoms. The van der Waals surface area contributed by atoms with Crippen molar-refractivity contribution in [2.45, 2.75) is 13.0 Å². The number of ether oxygens (including phenoxy) is 1. The van der Waals surface area contributed by atoms with Gasteiger partial charge in [-0.2, -0.15) is 0 Å². The van der Waals surface area contributed by atoms with E-state index in [4.69, 9.17) is 9.26 Å². The number of thioether (sulfide) groups is 1. The molecule has 0 aliphatic carbocycles. The summed E-state index contributed by atoms with van der Waals surface area (Å²) in [5.74, 6) is 1.58. The first-order valence-corrected chi connectivity index (χ1v) is 10.1. The third-order valence-electron chi connectivity index (χ3n) is 3.85. The third kappa shape index (κ3) is 6.27. The van der Waals surface area contributed by atoms with Gasteiger partial charge >= 0.3 is 0 Å². The van der Waals surface area contributed by atoms with Crippen molar-refractivity contribution in [3.05, 3.63) is 71.6 Å². The number of rotatable bonds is 10. The van der Waals surface area contributed by atoms with Gasteiger partial charge < -0.3 is 14.6 Å². The summed E-state index contributed by atoms with van der Waals surface area (Å²) in [6, 6.07) is 13.9. The van der Waals surface area contributed by atoms with Crippen LogP contribution in [0.4, 0.5) is 0 Å². The van der Waals surface area contributed by atoms with E-state index in [0.29, 0.717) is 6.61 Å². The van der Waals surface area contributed by atoms with Crippen molar-refractivity contribution in [3.63, 3.8) is 0 Å². The standard InChI is InChI=1S/C21H23N3O2S/c1-27-12-8-20-14-21(24-26-20)18-6-2-7-19(13-18)25-11-4-10-23-16-17-5-3-9-22-15-17/h2-3,5-9,12-15,23H,4,10-11,16H2,1H3/b12-8-. The molecule has 0 atom stereocenters. The Morgan fingerprint density at radius 1 is 1.22 bits per heavy atom. The molecule has 5 nitrogen and oxygen atoms in total. The molecule has 0 bridgehead atoms. The second-order valence-electron chi connectivity index (χ2n) is 5.92. The molecule has 1 N–H and O–H groups in total. The van der Waals surface area contributed by atoms with Gasteiger partial charge in [-0.1, -0.05) is 23.4 Å². The second-order valence-corrected chi connectivity index (χ2v) is 6.66. The zero-order valence-electron chi connectivity index (χ0n) is 15.3. The van der Waals surface area contributed by atoms with Gasteiger partial charge in [0.1, 0.15) is 11.4 Å². The van der Waals surface area contributed by atoms with Gasteiger partial charge in [0.25, 0.3) is 0 Å². The van der Waals surface area contributed by atoms with Crippen molar-refractivity contribution in [2.75, 3.05) is 19.4 Å². The minimum Gasteiger partial charge on any atom is -0.494 e. The average molecular weight is 382 g/mol. The summed E-state index contributed by atoms with van der Waals surface area (Å²) in [6.07, 6.45) is 8.49. The predicted octanol–water partition coefficient (Wildman–Crippen LogP) is 4.63. The zero-order chi connectivity index (χ0) is 18.7. The highest BCUT2D eigenvalue weighted by Crippen LogP contribution is 2.24. The molecule has 0 saturated heterocycles. The van der Waals surface area contributed by atoms with E-state index in [1.54, 1.807) is 18.0 Å². The monoisotopic (exact) mass is 381 g/mol. The number of aromatic nitrogens is 2. The van der Waals surface area contributed by atoms with Gasteiger partial charge in [0, 0.05) is 30.6 Å². The fraction of sp³-hybridized carbons (Fsp3) is 0.238. The van der Waals surface area contributed by atoms with E-state index in [-0.39, 0.29) is 0 Å². The van der Waals surface area contributed by atoms with Crippen LogP contribution in [-0.4, -0.2) is 29.5 Å². The summed E-state index contributed by atoms with van der Waals surface area (Å²) in [4.78, 5) is 4.11. The van der Waals surface area contributed by atoms with Crippen molar-refractivity contribution in [1.29, 1.82) is 0 Å². The minimum atomic E-state index is 0.657. The summed E-state index contributed by atoms with van der Waals surface area (Å²) < 4.78 is 11.2. The van der Waals surface area contributed by atoms with E-state index in [1.807, 2.05) is 60.3 Å². The van der Waals surface area contributed by atoms with Gasteiger partial charge in [0.15, 0.2) is 5.76 Å². The van der Waals surface area contributed by atoms with Gasteiger partial charge in [-0.05, 0) is 54.5 Å². The highest BCUT2D eigenvalue weighted by molar-refractivity contribution is 8.01. The molecular weight excluding hydrogens is 358 g/mol. The molecule has 1 aromatic carbocycles. The van der Waals surface area contributed by atoms with Crippen LogP contribution < -0.4 is 10.1 Å². The van der Waals surface area contributed by atoms with Gasteiger partial charge in [-0.25, -0.2) is 0 Å². The maximum Gasteiger partial charge on any atom is 0.160 e. The second kappa shape index (κ2) is 10.5. The first-order valence-electron chi connectivity index (χ1n) is 8.84. The Morgan fingerprint density at radius 2 is 2.19 bits per heavy atom. The van der Waals surface area contributed by atoms with Crippen LogP contribution in [0.25, 0.3) is 17.3 Å². The Morgan fingerprint density at radius 3 is 3.04 bits per heavy atom. The number of benzene rings is 1. The summed E-state index contributed by atoms with van der Waals surface area (Å²) in [5, 5.41) is 9.48. The lowest BCUT2D eigenvalue weighted by Gasteiger charge is -2.08. The first-order chi connectivity index (χ1) is 13.3. The molecule has 0 fully saturated rings. The Bertz CT molecular complexity index is 849. The fourth-order valence-corrected chi connectivity index (χ4v) is 2.78. The van der Waals surface area contributed by atoms with Crippen LogP contribution in [0.1, 0.15) is 17.7 Å². The van der Waals surface area contributed by atoms with Gasteiger partial charge in [0.2, 0.25) is 0 Å². The van der Waals surface area contributed by atoms with Crippen molar-refractivity contribution >= 4 is 17.8 Å². The topological polar surface area (TPSA) is 60.2 Å². The molecule has 3 rings (SSSR count). The SMILES string of the molecule is CS/C=C\c1cc(-c2cccc(OCCCNCc3cccnc3)c2)no1. The average Bonchev–Trinajstić information content (AvgIpc) is 3.19. The molecule has 27 heavy (non-hydrogen) atoms. The molecule has 3 aromatic rings. The van der Waals surface area contributed by atoms with Crippen molar-refractivity contribution in [1.82, 2.24) is 15.5 Å². The van der Waals surface area contributed by atoms with E-state index >= 15 is 0 Å². The summed E-state index contributed by atoms with van der Waals surface area (Å²) in [6.45, 7) is 2.37. The molecule has 0 aliphatic rings. The summed E-state index contributed by atoms with van der Waals surface area (Å²) in [5.41, 5.74) is 2.97. The lowest BCUT2D eigenvalue weighted by molar-refractivity contribution is 0.308. The van der Waals surface area contributed by atoms with Crippen molar-refractivity contribution in [3.8, 4) is 17.0 Å². The van der Waals surface area contributed by atoms with Gasteiger partial charge in [-0.15, -0.1) is 11.8 Å². The lowest BCUT2D eigenvalue weighted by Crippen LogP contribution is -2.17. The van der Waals surface area contributed by atoms with Crippen LogP contribution in [0.2, 0.25) is 0 Å². The van der Waals surface area contributed by atoms with Gasteiger partial charge in [0.05, 0.1) is 6.61 Å². The number of nitrogens with zero attached hydrogens (tertiary/aromatic N) is 2. The molecular formula is C21H23N3O2S. The molecule has 0 aliphatic heterocycles. The highest BCUT2D eigenvalue weighted by Gasteiger charge is 2.06. The molecule has 0 unspecified atom stereocenters. The Kier molecular flexibility index (Phi) is 7.50. The van der Waals surface area contributed by atoms with Crippen LogP contribution in [-0.2, 0) is 6.54 Å². The Hall–Kier alpha value is -2.57. The zero-order valence-corrected chi connectivity index (χ0v) is 16.1. The quantitative estimate of drug-likeness (QED) is 0.517. The van der Waals surface area contributed by atoms with Crippen LogP contribution in [0.5, 0.6) is 5.75 Å². The number of hydrogen-bond donors (Lipinski definition) is 1. The van der Waals surface area contributed by atoms with E-state index in [2.05, 4.69) is 21.5 Å². The maximum absolute atomic E-state index is 5.86. The van der Waals surface area contributed by atoms with Crippen LogP contribution in [0, 0.1) is 0 Å². The van der Waals surface area contributed by atoms with Crippen LogP contribution >= 0.6 is 11.8 Å². The molecule has 6 heteroatoms. The van der Waals surface area contributed by atoms with Crippen LogP contribution in [0.3, 0.4) is 0 Å². The van der Waals surface area contributed by atoms with Crippen molar-refractivity contribution in [2.24, 2.45) is 0 Å². The first kappa shape index (κ1) is 19.2. The molecule has 140 valence electrons.